The van der Waals surface area contributed by atoms with E-state index in [1.807, 2.05) is 0 Å². The van der Waals surface area contributed by atoms with E-state index in [0.29, 0.717) is 11.2 Å². The molecule has 0 aliphatic rings. The molecule has 0 fully saturated rings. The van der Waals surface area contributed by atoms with E-state index in [1.54, 1.807) is 18.3 Å². The van der Waals surface area contributed by atoms with Crippen molar-refractivity contribution < 1.29 is 0 Å². The summed E-state index contributed by atoms with van der Waals surface area (Å²) in [6.45, 7) is 0. The van der Waals surface area contributed by atoms with Crippen LogP contribution in [0, 0.1) is 0 Å². The van der Waals surface area contributed by atoms with Crippen LogP contribution >= 0.6 is 15.9 Å². The van der Waals surface area contributed by atoms with Gasteiger partial charge in [0.15, 0.2) is 10.3 Å². The minimum Gasteiger partial charge on any atom is -0.303 e. The van der Waals surface area contributed by atoms with Crippen molar-refractivity contribution in [1.29, 1.82) is 0 Å². The molecule has 0 aromatic carbocycles. The molecule has 60 valence electrons. The highest BCUT2D eigenvalue weighted by Gasteiger charge is 1.99. The maximum Gasteiger partial charge on any atom is 0.282 e. The first-order valence-electron chi connectivity index (χ1n) is 3.28. The van der Waals surface area contributed by atoms with Crippen molar-refractivity contribution >= 4 is 27.1 Å². The average molecular weight is 226 g/mol. The fraction of sp³-hybridized carbons (Fsp3) is 0. The fourth-order valence-electron chi connectivity index (χ4n) is 0.899. The summed E-state index contributed by atoms with van der Waals surface area (Å²) in [5.74, 6) is 0. The van der Waals surface area contributed by atoms with Gasteiger partial charge in [-0.25, -0.2) is 9.97 Å². The van der Waals surface area contributed by atoms with Crippen LogP contribution in [0.3, 0.4) is 0 Å². The van der Waals surface area contributed by atoms with Gasteiger partial charge in [0.1, 0.15) is 5.52 Å². The van der Waals surface area contributed by atoms with Gasteiger partial charge in [-0.2, -0.15) is 0 Å². The Kier molecular flexibility index (Phi) is 1.65. The topological polar surface area (TPSA) is 58.6 Å². The Balaban J connectivity index is 2.93. The fourth-order valence-corrected chi connectivity index (χ4v) is 1.19. The number of pyridine rings is 1. The molecule has 2 rings (SSSR count). The number of nitrogens with zero attached hydrogens (tertiary/aromatic N) is 2. The van der Waals surface area contributed by atoms with Crippen LogP contribution in [0.1, 0.15) is 0 Å². The lowest BCUT2D eigenvalue weighted by molar-refractivity contribution is 1.14. The molecule has 0 saturated carbocycles. The average Bonchev–Trinajstić information content (AvgIpc) is 2.07. The third-order valence-corrected chi connectivity index (χ3v) is 1.96. The van der Waals surface area contributed by atoms with Crippen molar-refractivity contribution in [2.24, 2.45) is 0 Å². The maximum absolute atomic E-state index is 11.0. The van der Waals surface area contributed by atoms with Crippen molar-refractivity contribution in [2.45, 2.75) is 0 Å². The van der Waals surface area contributed by atoms with Crippen LogP contribution in [-0.2, 0) is 0 Å². The van der Waals surface area contributed by atoms with Gasteiger partial charge in [-0.05, 0) is 28.1 Å². The minimum atomic E-state index is -0.263. The predicted molar refractivity (Wildman–Crippen MR) is 47.9 cm³/mol. The Morgan fingerprint density at radius 2 is 2.33 bits per heavy atom. The summed E-state index contributed by atoms with van der Waals surface area (Å²) in [5, 5.41) is 0. The van der Waals surface area contributed by atoms with Crippen LogP contribution in [-0.4, -0.2) is 15.0 Å². The first-order valence-corrected chi connectivity index (χ1v) is 4.07. The number of fused-ring (bicyclic) bond motifs is 1. The number of H-pyrrole nitrogens is 1. The molecule has 5 heteroatoms. The van der Waals surface area contributed by atoms with Gasteiger partial charge >= 0.3 is 0 Å². The summed E-state index contributed by atoms with van der Waals surface area (Å²) < 4.78 is 0.281. The molecule has 0 aliphatic heterocycles. The molecule has 0 spiro atoms. The van der Waals surface area contributed by atoms with E-state index in [1.165, 1.54) is 0 Å². The molecule has 2 aromatic rings. The Bertz CT molecular complexity index is 479. The third-order valence-electron chi connectivity index (χ3n) is 1.42. The third kappa shape index (κ3) is 1.12. The zero-order chi connectivity index (χ0) is 8.55. The van der Waals surface area contributed by atoms with Crippen LogP contribution < -0.4 is 5.56 Å². The van der Waals surface area contributed by atoms with Crippen molar-refractivity contribution in [2.75, 3.05) is 0 Å². The standard InChI is InChI=1S/C7H4BrN3O/c8-5-7(12)11-6-4(10-5)2-1-3-9-6/h1-3H,(H,9,11,12). The molecule has 0 atom stereocenters. The molecule has 1 N–H and O–H groups in total. The van der Waals surface area contributed by atoms with E-state index in [9.17, 15) is 4.79 Å². The zero-order valence-corrected chi connectivity index (χ0v) is 7.50. The lowest BCUT2D eigenvalue weighted by Gasteiger charge is -1.94. The van der Waals surface area contributed by atoms with Gasteiger partial charge in [0.2, 0.25) is 0 Å². The van der Waals surface area contributed by atoms with Crippen LogP contribution in [0.2, 0.25) is 0 Å². The van der Waals surface area contributed by atoms with Crippen molar-refractivity contribution in [3.05, 3.63) is 33.3 Å². The molecule has 0 saturated heterocycles. The van der Waals surface area contributed by atoms with Crippen molar-refractivity contribution in [3.8, 4) is 0 Å². The van der Waals surface area contributed by atoms with Gasteiger partial charge in [0.05, 0.1) is 0 Å². The van der Waals surface area contributed by atoms with Crippen LogP contribution in [0.4, 0.5) is 0 Å². The predicted octanol–water partition coefficient (Wildman–Crippen LogP) is 1.08. The van der Waals surface area contributed by atoms with Crippen molar-refractivity contribution in [1.82, 2.24) is 15.0 Å². The van der Waals surface area contributed by atoms with Gasteiger partial charge in [-0.3, -0.25) is 4.79 Å². The van der Waals surface area contributed by atoms with Crippen molar-refractivity contribution in [3.63, 3.8) is 0 Å². The number of aromatic nitrogens is 3. The Hall–Kier alpha value is -1.23. The Morgan fingerprint density at radius 3 is 3.17 bits per heavy atom. The molecule has 2 aromatic heterocycles. The molecule has 2 heterocycles. The summed E-state index contributed by atoms with van der Waals surface area (Å²) in [6.07, 6.45) is 1.61. The molecule has 4 nitrogen and oxygen atoms in total. The number of halogens is 1. The number of rotatable bonds is 0. The minimum absolute atomic E-state index is 0.263. The van der Waals surface area contributed by atoms with Gasteiger partial charge in [-0.15, -0.1) is 0 Å². The van der Waals surface area contributed by atoms with Crippen LogP contribution in [0.25, 0.3) is 11.2 Å². The first-order chi connectivity index (χ1) is 5.77. The monoisotopic (exact) mass is 225 g/mol. The lowest BCUT2D eigenvalue weighted by atomic mass is 10.4. The molecule has 0 radical (unpaired) electrons. The Morgan fingerprint density at radius 1 is 1.50 bits per heavy atom. The molecule has 12 heavy (non-hydrogen) atoms. The largest absolute Gasteiger partial charge is 0.303 e. The number of aromatic amines is 1. The number of nitrogens with one attached hydrogen (secondary N) is 1. The highest BCUT2D eigenvalue weighted by molar-refractivity contribution is 9.10. The van der Waals surface area contributed by atoms with Gasteiger partial charge in [-0.1, -0.05) is 0 Å². The molecule has 0 aliphatic carbocycles. The molecule has 0 amide bonds. The lowest BCUT2D eigenvalue weighted by Crippen LogP contribution is -2.09. The van der Waals surface area contributed by atoms with E-state index in [0.717, 1.165) is 0 Å². The summed E-state index contributed by atoms with van der Waals surface area (Å²) >= 11 is 3.03. The van der Waals surface area contributed by atoms with E-state index in [4.69, 9.17) is 0 Å². The van der Waals surface area contributed by atoms with Gasteiger partial charge in [0, 0.05) is 6.20 Å². The second-order valence-electron chi connectivity index (χ2n) is 2.23. The molecular weight excluding hydrogens is 222 g/mol. The quantitative estimate of drug-likeness (QED) is 0.731. The van der Waals surface area contributed by atoms with Crippen LogP contribution in [0.5, 0.6) is 0 Å². The second-order valence-corrected chi connectivity index (χ2v) is 2.98. The summed E-state index contributed by atoms with van der Waals surface area (Å²) in [6, 6.07) is 3.54. The number of hydrogen-bond donors (Lipinski definition) is 1. The van der Waals surface area contributed by atoms with Crippen LogP contribution in [0.15, 0.2) is 27.7 Å². The SMILES string of the molecule is O=c1[nH]c2ncccc2nc1Br. The van der Waals surface area contributed by atoms with Gasteiger partial charge < -0.3 is 4.98 Å². The Labute approximate surface area is 75.8 Å². The second kappa shape index (κ2) is 2.67. The van der Waals surface area contributed by atoms with E-state index >= 15 is 0 Å². The van der Waals surface area contributed by atoms with E-state index in [-0.39, 0.29) is 10.2 Å². The van der Waals surface area contributed by atoms with E-state index < -0.39 is 0 Å². The molecular formula is C7H4BrN3O. The smallest absolute Gasteiger partial charge is 0.282 e. The highest BCUT2D eigenvalue weighted by atomic mass is 79.9. The summed E-state index contributed by atoms with van der Waals surface area (Å²) in [7, 11) is 0. The summed E-state index contributed by atoms with van der Waals surface area (Å²) in [4.78, 5) is 21.5. The first kappa shape index (κ1) is 7.42. The number of hydrogen-bond acceptors (Lipinski definition) is 3. The molecule has 0 bridgehead atoms. The zero-order valence-electron chi connectivity index (χ0n) is 5.91. The summed E-state index contributed by atoms with van der Waals surface area (Å²) in [5.41, 5.74) is 0.913. The normalized spacial score (nSPS) is 10.4. The molecule has 0 unspecified atom stereocenters. The highest BCUT2D eigenvalue weighted by Crippen LogP contribution is 2.05. The van der Waals surface area contributed by atoms with E-state index in [2.05, 4.69) is 30.9 Å². The maximum atomic E-state index is 11.0. The van der Waals surface area contributed by atoms with Gasteiger partial charge in [0.25, 0.3) is 5.56 Å².